The zero-order chi connectivity index (χ0) is 15.3. The van der Waals surface area contributed by atoms with Gasteiger partial charge in [-0.3, -0.25) is 10.1 Å². The molecule has 8 heteroatoms. The SMILES string of the molecule is O=[N+]([O-])c1ccccc1SSS(=O)(=O)Cc1ccccc1. The van der Waals surface area contributed by atoms with Crippen LogP contribution in [0.15, 0.2) is 59.5 Å². The molecule has 0 N–H and O–H groups in total. The number of hydrogen-bond donors (Lipinski definition) is 0. The van der Waals surface area contributed by atoms with Gasteiger partial charge in [-0.05, 0) is 22.4 Å². The lowest BCUT2D eigenvalue weighted by atomic mass is 10.2. The molecular formula is C13H11NO4S3. The van der Waals surface area contributed by atoms with E-state index in [1.54, 1.807) is 36.4 Å². The lowest BCUT2D eigenvalue weighted by Crippen LogP contribution is -1.97. The molecule has 0 saturated carbocycles. The summed E-state index contributed by atoms with van der Waals surface area (Å²) in [5.74, 6) is -0.105. The average molecular weight is 341 g/mol. The number of nitro groups is 1. The quantitative estimate of drug-likeness (QED) is 0.451. The smallest absolute Gasteiger partial charge is 0.258 e. The van der Waals surface area contributed by atoms with Gasteiger partial charge in [-0.15, -0.1) is 0 Å². The normalized spacial score (nSPS) is 11.2. The molecule has 0 heterocycles. The molecular weight excluding hydrogens is 330 g/mol. The highest BCUT2D eigenvalue weighted by Gasteiger charge is 2.19. The number of nitrogens with zero attached hydrogens (tertiary/aromatic N) is 1. The van der Waals surface area contributed by atoms with Gasteiger partial charge in [-0.1, -0.05) is 42.5 Å². The van der Waals surface area contributed by atoms with E-state index in [2.05, 4.69) is 0 Å². The van der Waals surface area contributed by atoms with E-state index >= 15 is 0 Å². The minimum absolute atomic E-state index is 0.0927. The van der Waals surface area contributed by atoms with Gasteiger partial charge in [0.05, 0.1) is 15.6 Å². The van der Waals surface area contributed by atoms with Crippen molar-refractivity contribution in [3.05, 3.63) is 70.3 Å². The Bertz CT molecular complexity index is 732. The summed E-state index contributed by atoms with van der Waals surface area (Å²) < 4.78 is 24.1. The van der Waals surface area contributed by atoms with Crippen LogP contribution in [0.5, 0.6) is 0 Å². The summed E-state index contributed by atoms with van der Waals surface area (Å²) in [5, 5.41) is 10.9. The van der Waals surface area contributed by atoms with E-state index < -0.39 is 13.8 Å². The van der Waals surface area contributed by atoms with Crippen LogP contribution in [0.25, 0.3) is 0 Å². The fourth-order valence-corrected chi connectivity index (χ4v) is 6.29. The van der Waals surface area contributed by atoms with Gasteiger partial charge in [0.25, 0.3) is 5.69 Å². The van der Waals surface area contributed by atoms with Gasteiger partial charge in [0.2, 0.25) is 8.87 Å². The monoisotopic (exact) mass is 341 g/mol. The van der Waals surface area contributed by atoms with E-state index in [4.69, 9.17) is 0 Å². The second-order valence-corrected chi connectivity index (χ2v) is 9.87. The Kier molecular flexibility index (Phi) is 5.27. The molecule has 0 amide bonds. The van der Waals surface area contributed by atoms with Gasteiger partial charge in [0, 0.05) is 15.9 Å². The van der Waals surface area contributed by atoms with E-state index in [1.165, 1.54) is 12.1 Å². The van der Waals surface area contributed by atoms with Gasteiger partial charge >= 0.3 is 0 Å². The summed E-state index contributed by atoms with van der Waals surface area (Å²) >= 11 is 0. The van der Waals surface area contributed by atoms with E-state index in [0.29, 0.717) is 20.3 Å². The standard InChI is InChI=1S/C13H11NO4S3/c15-14(16)12-8-4-5-9-13(12)19-20-21(17,18)10-11-6-2-1-3-7-11/h1-9H,10H2. The van der Waals surface area contributed by atoms with Crippen LogP contribution in [0.3, 0.4) is 0 Å². The molecule has 5 nitrogen and oxygen atoms in total. The summed E-state index contributed by atoms with van der Waals surface area (Å²) in [7, 11) is -1.89. The maximum atomic E-state index is 12.0. The molecule has 0 aliphatic heterocycles. The Balaban J connectivity index is 2.07. The zero-order valence-electron chi connectivity index (χ0n) is 10.7. The number of nitro benzene ring substituents is 1. The van der Waals surface area contributed by atoms with Gasteiger partial charge in [-0.2, -0.15) is 0 Å². The topological polar surface area (TPSA) is 77.3 Å². The zero-order valence-corrected chi connectivity index (χ0v) is 13.2. The van der Waals surface area contributed by atoms with Gasteiger partial charge in [-0.25, -0.2) is 8.42 Å². The van der Waals surface area contributed by atoms with Crippen molar-refractivity contribution in [2.45, 2.75) is 10.6 Å². The second-order valence-electron chi connectivity index (χ2n) is 4.06. The van der Waals surface area contributed by atoms with Crippen molar-refractivity contribution in [2.75, 3.05) is 0 Å². The van der Waals surface area contributed by atoms with Crippen LogP contribution in [-0.2, 0) is 14.6 Å². The fraction of sp³-hybridized carbons (Fsp3) is 0.0769. The fourth-order valence-electron chi connectivity index (χ4n) is 1.57. The molecule has 0 fully saturated rings. The van der Waals surface area contributed by atoms with Crippen molar-refractivity contribution in [1.82, 2.24) is 0 Å². The van der Waals surface area contributed by atoms with Crippen LogP contribution in [0.4, 0.5) is 5.69 Å². The molecule has 0 bridgehead atoms. The summed E-state index contributed by atoms with van der Waals surface area (Å²) in [6, 6.07) is 14.9. The van der Waals surface area contributed by atoms with Crippen LogP contribution in [0.2, 0.25) is 0 Å². The number of benzene rings is 2. The first-order valence-corrected chi connectivity index (χ1v) is 10.2. The molecule has 2 rings (SSSR count). The van der Waals surface area contributed by atoms with Crippen LogP contribution >= 0.6 is 20.6 Å². The molecule has 2 aromatic carbocycles. The Morgan fingerprint density at radius 2 is 1.62 bits per heavy atom. The molecule has 0 saturated heterocycles. The largest absolute Gasteiger partial charge is 0.283 e. The van der Waals surface area contributed by atoms with Crippen LogP contribution in [-0.4, -0.2) is 13.3 Å². The lowest BCUT2D eigenvalue weighted by molar-refractivity contribution is -0.387. The van der Waals surface area contributed by atoms with E-state index in [0.717, 1.165) is 10.8 Å². The van der Waals surface area contributed by atoms with Crippen LogP contribution < -0.4 is 0 Å². The number of para-hydroxylation sites is 1. The highest BCUT2D eigenvalue weighted by Crippen LogP contribution is 2.41. The summed E-state index contributed by atoms with van der Waals surface area (Å²) in [4.78, 5) is 10.7. The van der Waals surface area contributed by atoms with Gasteiger partial charge < -0.3 is 0 Å². The van der Waals surface area contributed by atoms with Crippen molar-refractivity contribution in [3.8, 4) is 0 Å². The maximum Gasteiger partial charge on any atom is 0.283 e. The summed E-state index contributed by atoms with van der Waals surface area (Å²) in [5.41, 5.74) is 0.595. The van der Waals surface area contributed by atoms with Crippen LogP contribution in [0.1, 0.15) is 5.56 Å². The molecule has 0 unspecified atom stereocenters. The Morgan fingerprint density at radius 1 is 1.00 bits per heavy atom. The van der Waals surface area contributed by atoms with Crippen molar-refractivity contribution in [2.24, 2.45) is 0 Å². The van der Waals surface area contributed by atoms with E-state index in [9.17, 15) is 18.5 Å². The molecule has 21 heavy (non-hydrogen) atoms. The lowest BCUT2D eigenvalue weighted by Gasteiger charge is -2.04. The number of hydrogen-bond acceptors (Lipinski definition) is 6. The second kappa shape index (κ2) is 6.97. The van der Waals surface area contributed by atoms with Crippen molar-refractivity contribution >= 4 is 35.2 Å². The molecule has 0 aliphatic carbocycles. The molecule has 0 aromatic heterocycles. The molecule has 0 spiro atoms. The number of rotatable bonds is 6. The third-order valence-corrected chi connectivity index (χ3v) is 8.16. The first-order valence-electron chi connectivity index (χ1n) is 5.84. The molecule has 110 valence electrons. The average Bonchev–Trinajstić information content (AvgIpc) is 2.46. The van der Waals surface area contributed by atoms with Gasteiger partial charge in [0.15, 0.2) is 0 Å². The summed E-state index contributed by atoms with van der Waals surface area (Å²) in [6.07, 6.45) is 0. The molecule has 0 radical (unpaired) electrons. The molecule has 0 aliphatic rings. The molecule has 2 aromatic rings. The van der Waals surface area contributed by atoms with Crippen molar-refractivity contribution < 1.29 is 13.3 Å². The van der Waals surface area contributed by atoms with Crippen molar-refractivity contribution in [3.63, 3.8) is 0 Å². The predicted octanol–water partition coefficient (Wildman–Crippen LogP) is 3.87. The van der Waals surface area contributed by atoms with Crippen molar-refractivity contribution in [1.29, 1.82) is 0 Å². The third kappa shape index (κ3) is 4.76. The Hall–Kier alpha value is -1.51. The first kappa shape index (κ1) is 15.9. The molecule has 0 atom stereocenters. The Morgan fingerprint density at radius 3 is 2.29 bits per heavy atom. The Labute approximate surface area is 129 Å². The minimum Gasteiger partial charge on any atom is -0.258 e. The minimum atomic E-state index is -3.42. The first-order chi connectivity index (χ1) is 9.98. The van der Waals surface area contributed by atoms with E-state index in [1.807, 2.05) is 6.07 Å². The maximum absolute atomic E-state index is 12.0. The highest BCUT2D eigenvalue weighted by atomic mass is 33.5. The van der Waals surface area contributed by atoms with Crippen LogP contribution in [0, 0.1) is 10.1 Å². The third-order valence-electron chi connectivity index (χ3n) is 2.48. The summed E-state index contributed by atoms with van der Waals surface area (Å²) in [6.45, 7) is 0. The highest BCUT2D eigenvalue weighted by molar-refractivity contribution is 9.06. The predicted molar refractivity (Wildman–Crippen MR) is 85.6 cm³/mol. The van der Waals surface area contributed by atoms with Gasteiger partial charge in [0.1, 0.15) is 0 Å². The van der Waals surface area contributed by atoms with E-state index in [-0.39, 0.29) is 11.4 Å².